The number of allylic oxidation sites excluding steroid dienone is 2. The summed E-state index contributed by atoms with van der Waals surface area (Å²) in [7, 11) is 1.59. The maximum Gasteiger partial charge on any atom is 0.312 e. The summed E-state index contributed by atoms with van der Waals surface area (Å²) in [4.78, 5) is 13.3. The van der Waals surface area contributed by atoms with E-state index in [1.54, 1.807) is 12.7 Å². The first-order valence-corrected chi connectivity index (χ1v) is 13.9. The fraction of sp³-hybridized carbons (Fsp3) is 0.900. The smallest absolute Gasteiger partial charge is 0.312 e. The molecule has 1 N–H and O–H groups in total. The minimum atomic E-state index is -0.301. The quantitative estimate of drug-likeness (QED) is 0.349. The molecule has 4 saturated carbocycles. The van der Waals surface area contributed by atoms with E-state index in [1.165, 1.54) is 12.8 Å². The van der Waals surface area contributed by atoms with E-state index in [0.29, 0.717) is 46.3 Å². The van der Waals surface area contributed by atoms with Gasteiger partial charge in [0.05, 0.1) is 18.6 Å². The molecule has 5 aliphatic carbocycles. The molecule has 0 aromatic heterocycles. The predicted molar refractivity (Wildman–Crippen MR) is 132 cm³/mol. The van der Waals surface area contributed by atoms with E-state index in [0.717, 1.165) is 44.9 Å². The summed E-state index contributed by atoms with van der Waals surface area (Å²) in [5.41, 5.74) is 1.92. The third-order valence-corrected chi connectivity index (χ3v) is 12.8. The first kappa shape index (κ1) is 23.9. The van der Waals surface area contributed by atoms with Gasteiger partial charge in [0.25, 0.3) is 0 Å². The minimum Gasteiger partial charge on any atom is -0.469 e. The average molecular weight is 457 g/mol. The van der Waals surface area contributed by atoms with Crippen LogP contribution >= 0.6 is 0 Å². The number of carbonyl (C=O) groups excluding carboxylic acids is 1. The van der Waals surface area contributed by atoms with Gasteiger partial charge in [0, 0.05) is 0 Å². The van der Waals surface area contributed by atoms with E-state index in [9.17, 15) is 9.90 Å². The number of aliphatic hydroxyl groups is 1. The van der Waals surface area contributed by atoms with Crippen LogP contribution in [0.4, 0.5) is 0 Å². The second-order valence-corrected chi connectivity index (χ2v) is 14.1. The lowest BCUT2D eigenvalue weighted by Crippen LogP contribution is -2.62. The van der Waals surface area contributed by atoms with Crippen molar-refractivity contribution < 1.29 is 14.6 Å². The van der Waals surface area contributed by atoms with Gasteiger partial charge >= 0.3 is 5.97 Å². The Kier molecular flexibility index (Phi) is 5.49. The van der Waals surface area contributed by atoms with Crippen molar-refractivity contribution in [1.29, 1.82) is 0 Å². The normalized spacial score (nSPS) is 53.0. The molecule has 0 aromatic rings. The lowest BCUT2D eigenvalue weighted by molar-refractivity contribution is -0.190. The summed E-state index contributed by atoms with van der Waals surface area (Å²) in [5, 5.41) is 10.9. The molecule has 3 heteroatoms. The molecule has 0 radical (unpaired) electrons. The summed E-state index contributed by atoms with van der Waals surface area (Å²) >= 11 is 0. The molecule has 10 atom stereocenters. The third kappa shape index (κ3) is 2.99. The van der Waals surface area contributed by atoms with Crippen LogP contribution in [0.1, 0.15) is 99.3 Å². The monoisotopic (exact) mass is 456 g/mol. The molecule has 0 spiro atoms. The van der Waals surface area contributed by atoms with Crippen molar-refractivity contribution in [3.63, 3.8) is 0 Å². The van der Waals surface area contributed by atoms with Gasteiger partial charge in [0.2, 0.25) is 0 Å². The van der Waals surface area contributed by atoms with E-state index in [4.69, 9.17) is 4.74 Å². The van der Waals surface area contributed by atoms with Crippen LogP contribution in [0.15, 0.2) is 11.6 Å². The van der Waals surface area contributed by atoms with Crippen LogP contribution < -0.4 is 0 Å². The number of hydrogen-bond acceptors (Lipinski definition) is 3. The van der Waals surface area contributed by atoms with E-state index >= 15 is 0 Å². The number of hydrogen-bond donors (Lipinski definition) is 1. The molecule has 0 unspecified atom stereocenters. The van der Waals surface area contributed by atoms with Crippen LogP contribution in [0, 0.1) is 57.2 Å². The molecule has 5 rings (SSSR count). The lowest BCUT2D eigenvalue weighted by Gasteiger charge is -2.68. The highest BCUT2D eigenvalue weighted by molar-refractivity contribution is 5.78. The SMILES string of the molecule is COC(=O)[C@]12CC[C@@H](C)[C@H](C)[C@H]1C1=CC[C@@H]3[C@@](C)(CC[C@H]4C(C)(C)[C@@H](O)CC[C@]34C)[C@@H]1CC2. The zero-order valence-corrected chi connectivity index (χ0v) is 22.2. The van der Waals surface area contributed by atoms with Crippen molar-refractivity contribution in [3.05, 3.63) is 11.6 Å². The van der Waals surface area contributed by atoms with Crippen LogP contribution in [-0.4, -0.2) is 24.3 Å². The molecule has 186 valence electrons. The van der Waals surface area contributed by atoms with Crippen LogP contribution in [0.2, 0.25) is 0 Å². The Labute approximate surface area is 202 Å². The van der Waals surface area contributed by atoms with E-state index < -0.39 is 0 Å². The summed E-state index contributed by atoms with van der Waals surface area (Å²) in [6.45, 7) is 14.6. The minimum absolute atomic E-state index is 0.00175. The van der Waals surface area contributed by atoms with Crippen LogP contribution in [0.5, 0.6) is 0 Å². The Morgan fingerprint density at radius 1 is 0.939 bits per heavy atom. The molecule has 4 fully saturated rings. The fourth-order valence-electron chi connectivity index (χ4n) is 10.7. The first-order valence-electron chi connectivity index (χ1n) is 13.9. The topological polar surface area (TPSA) is 46.5 Å². The summed E-state index contributed by atoms with van der Waals surface area (Å²) in [5.74, 6) is 3.45. The Hall–Kier alpha value is -0.830. The van der Waals surface area contributed by atoms with Crippen LogP contribution in [0.25, 0.3) is 0 Å². The van der Waals surface area contributed by atoms with Gasteiger partial charge in [-0.2, -0.15) is 0 Å². The Morgan fingerprint density at radius 3 is 2.30 bits per heavy atom. The largest absolute Gasteiger partial charge is 0.469 e. The lowest BCUT2D eigenvalue weighted by atomic mass is 9.37. The molecule has 5 aliphatic rings. The Morgan fingerprint density at radius 2 is 1.61 bits per heavy atom. The molecule has 0 aromatic carbocycles. The molecule has 0 bridgehead atoms. The van der Waals surface area contributed by atoms with Crippen molar-refractivity contribution in [1.82, 2.24) is 0 Å². The molecule has 0 amide bonds. The van der Waals surface area contributed by atoms with Crippen molar-refractivity contribution >= 4 is 5.97 Å². The Bertz CT molecular complexity index is 843. The molecule has 3 nitrogen and oxygen atoms in total. The molecule has 33 heavy (non-hydrogen) atoms. The van der Waals surface area contributed by atoms with Crippen LogP contribution in [0.3, 0.4) is 0 Å². The number of esters is 1. The second-order valence-electron chi connectivity index (χ2n) is 14.1. The molecular weight excluding hydrogens is 408 g/mol. The van der Waals surface area contributed by atoms with Crippen molar-refractivity contribution in [2.75, 3.05) is 7.11 Å². The van der Waals surface area contributed by atoms with Gasteiger partial charge < -0.3 is 9.84 Å². The zero-order chi connectivity index (χ0) is 24.0. The number of fused-ring (bicyclic) bond motifs is 7. The summed E-state index contributed by atoms with van der Waals surface area (Å²) in [6.07, 6.45) is 12.5. The van der Waals surface area contributed by atoms with Crippen molar-refractivity contribution in [2.24, 2.45) is 57.2 Å². The third-order valence-electron chi connectivity index (χ3n) is 12.8. The van der Waals surface area contributed by atoms with Gasteiger partial charge in [-0.25, -0.2) is 0 Å². The highest BCUT2D eigenvalue weighted by Gasteiger charge is 2.66. The predicted octanol–water partition coefficient (Wildman–Crippen LogP) is 6.79. The zero-order valence-electron chi connectivity index (χ0n) is 22.2. The average Bonchev–Trinajstić information content (AvgIpc) is 2.77. The molecular formula is C30H48O3. The standard InChI is InChI=1S/C30H48O3/c1-18-10-16-30(26(32)33-7)17-11-21-20(25(30)19(18)2)8-9-23-28(21,5)14-12-22-27(3,4)24(31)13-15-29(22,23)6/h8,18-19,21-25,31H,9-17H2,1-7H3/t18-,19+,21-,22+,23-,24+,25+,28+,29+,30+/m1/s1. The van der Waals surface area contributed by atoms with E-state index in [2.05, 4.69) is 47.6 Å². The highest BCUT2D eigenvalue weighted by atomic mass is 16.5. The van der Waals surface area contributed by atoms with Crippen molar-refractivity contribution in [2.45, 2.75) is 105 Å². The van der Waals surface area contributed by atoms with Gasteiger partial charge in [0.15, 0.2) is 0 Å². The van der Waals surface area contributed by atoms with Gasteiger partial charge in [-0.3, -0.25) is 4.79 Å². The highest BCUT2D eigenvalue weighted by Crippen LogP contribution is 2.72. The van der Waals surface area contributed by atoms with E-state index in [-0.39, 0.29) is 22.9 Å². The van der Waals surface area contributed by atoms with Crippen molar-refractivity contribution in [3.8, 4) is 0 Å². The number of carbonyl (C=O) groups is 1. The Balaban J connectivity index is 1.56. The second kappa shape index (κ2) is 7.58. The summed E-state index contributed by atoms with van der Waals surface area (Å²) < 4.78 is 5.47. The molecule has 0 saturated heterocycles. The van der Waals surface area contributed by atoms with Gasteiger partial charge in [-0.05, 0) is 110 Å². The van der Waals surface area contributed by atoms with Gasteiger partial charge in [-0.1, -0.05) is 53.2 Å². The summed E-state index contributed by atoms with van der Waals surface area (Å²) in [6, 6.07) is 0. The molecule has 0 heterocycles. The van der Waals surface area contributed by atoms with Gasteiger partial charge in [-0.15, -0.1) is 0 Å². The number of aliphatic hydroxyl groups excluding tert-OH is 1. The van der Waals surface area contributed by atoms with Gasteiger partial charge in [0.1, 0.15) is 0 Å². The number of ether oxygens (including phenoxy) is 1. The first-order chi connectivity index (χ1) is 15.4. The van der Waals surface area contributed by atoms with Crippen LogP contribution in [-0.2, 0) is 9.53 Å². The number of methoxy groups -OCH3 is 1. The maximum atomic E-state index is 13.3. The maximum absolute atomic E-state index is 13.3. The molecule has 0 aliphatic heterocycles. The fourth-order valence-corrected chi connectivity index (χ4v) is 10.7. The van der Waals surface area contributed by atoms with E-state index in [1.807, 2.05) is 0 Å². The number of rotatable bonds is 1.